The number of allylic oxidation sites excluding steroid dienone is 7. The third kappa shape index (κ3) is 8.50. The Hall–Kier alpha value is -4.26. The van der Waals surface area contributed by atoms with Crippen molar-refractivity contribution in [2.75, 3.05) is 6.61 Å². The normalized spacial score (nSPS) is 38.0. The number of carbonyl (C=O) groups is 6. The van der Waals surface area contributed by atoms with Crippen LogP contribution in [0.15, 0.2) is 46.3 Å². The van der Waals surface area contributed by atoms with Crippen LogP contribution < -0.4 is 0 Å². The van der Waals surface area contributed by atoms with Crippen molar-refractivity contribution in [1.29, 1.82) is 0 Å². The Kier molecular flexibility index (Phi) is 12.7. The van der Waals surface area contributed by atoms with Gasteiger partial charge in [-0.25, -0.2) is 0 Å². The van der Waals surface area contributed by atoms with Gasteiger partial charge in [-0.05, 0) is 111 Å². The van der Waals surface area contributed by atoms with Gasteiger partial charge < -0.3 is 33.5 Å². The molecule has 10 atom stereocenters. The summed E-state index contributed by atoms with van der Waals surface area (Å²) in [6.07, 6.45) is 5.91. The van der Waals surface area contributed by atoms with E-state index in [-0.39, 0.29) is 33.7 Å². The number of ketones is 1. The number of hydrogen-bond acceptors (Lipinski definition) is 13. The van der Waals surface area contributed by atoms with E-state index in [9.17, 15) is 33.9 Å². The molecule has 1 aliphatic heterocycles. The molecule has 3 saturated carbocycles. The number of hydrogen-bond donors (Lipinski definition) is 1. The van der Waals surface area contributed by atoms with Crippen LogP contribution in [0.25, 0.3) is 0 Å². The predicted molar refractivity (Wildman–Crippen MR) is 206 cm³/mol. The second kappa shape index (κ2) is 16.5. The Labute approximate surface area is 335 Å². The van der Waals surface area contributed by atoms with Gasteiger partial charge in [0.1, 0.15) is 12.7 Å². The molecule has 0 aromatic rings. The van der Waals surface area contributed by atoms with Crippen LogP contribution >= 0.6 is 0 Å². The average molecular weight is 797 g/mol. The molecule has 4 aliphatic carbocycles. The fourth-order valence-electron chi connectivity index (χ4n) is 10.5. The van der Waals surface area contributed by atoms with Crippen LogP contribution in [0.4, 0.5) is 0 Å². The second-order valence-electron chi connectivity index (χ2n) is 17.7. The fraction of sp³-hybridized carbons (Fsp3) is 0.682. The van der Waals surface area contributed by atoms with E-state index in [4.69, 9.17) is 28.4 Å². The summed E-state index contributed by atoms with van der Waals surface area (Å²) in [6, 6.07) is 0. The zero-order chi connectivity index (χ0) is 42.2. The summed E-state index contributed by atoms with van der Waals surface area (Å²) in [7, 11) is 0. The van der Waals surface area contributed by atoms with Crippen LogP contribution in [0, 0.1) is 27.6 Å². The van der Waals surface area contributed by atoms with Crippen LogP contribution in [0.3, 0.4) is 0 Å². The molecule has 5 aliphatic rings. The topological polar surface area (TPSA) is 178 Å². The quantitative estimate of drug-likeness (QED) is 0.186. The van der Waals surface area contributed by atoms with Gasteiger partial charge in [-0.2, -0.15) is 0 Å². The predicted octanol–water partition coefficient (Wildman–Crippen LogP) is 7.02. The maximum Gasteiger partial charge on any atom is 0.314 e. The highest BCUT2D eigenvalue weighted by molar-refractivity contribution is 6.06. The Morgan fingerprint density at radius 1 is 0.825 bits per heavy atom. The summed E-state index contributed by atoms with van der Waals surface area (Å²) in [5.41, 5.74) is 2.23. The van der Waals surface area contributed by atoms with Crippen molar-refractivity contribution in [2.24, 2.45) is 27.6 Å². The van der Waals surface area contributed by atoms with E-state index in [1.54, 1.807) is 6.92 Å². The van der Waals surface area contributed by atoms with Crippen molar-refractivity contribution in [3.8, 4) is 0 Å². The monoisotopic (exact) mass is 796 g/mol. The molecule has 1 heterocycles. The van der Waals surface area contributed by atoms with Crippen molar-refractivity contribution in [2.45, 2.75) is 158 Å². The Morgan fingerprint density at radius 2 is 1.44 bits per heavy atom. The third-order valence-electron chi connectivity index (χ3n) is 14.0. The van der Waals surface area contributed by atoms with Gasteiger partial charge in [-0.3, -0.25) is 28.8 Å². The zero-order valence-electron chi connectivity index (χ0n) is 35.1. The molecule has 0 bridgehead atoms. The summed E-state index contributed by atoms with van der Waals surface area (Å²) < 4.78 is 34.1. The molecule has 5 rings (SSSR count). The van der Waals surface area contributed by atoms with Gasteiger partial charge in [-0.15, -0.1) is 0 Å². The van der Waals surface area contributed by atoms with Gasteiger partial charge >= 0.3 is 29.8 Å². The standard InChI is InChI=1S/C44H60O13/c1-11-29-21-32(49)35(50)24(2)31(29)15-14-30-13-12-16-44(10)34-22-42(8,18-17-41(34,7)19-20-43(30,44)9)40(51)57-39-38(55-28(6)48)37(54-27(5)47)36(53-26(4)46)33(56-39)23-52-25(3)45/h14-15,21,33-34,36-39,50H,11-13,16-20,22-23H2,1-10H3/b30-14+,31-15-/t33?,34-,36?,37?,38?,39?,41-,42-,43-,44+/m1/s1. The minimum Gasteiger partial charge on any atom is -0.504 e. The third-order valence-corrected chi connectivity index (χ3v) is 14.0. The van der Waals surface area contributed by atoms with E-state index in [2.05, 4.69) is 32.9 Å². The number of esters is 5. The minimum absolute atomic E-state index is 0.0453. The molecule has 0 aromatic heterocycles. The molecule has 1 saturated heterocycles. The van der Waals surface area contributed by atoms with Gasteiger partial charge in [-0.1, -0.05) is 45.4 Å². The van der Waals surface area contributed by atoms with Crippen LogP contribution in [-0.4, -0.2) is 78.0 Å². The van der Waals surface area contributed by atoms with Crippen LogP contribution in [0.1, 0.15) is 127 Å². The molecular formula is C44H60O13. The molecule has 0 amide bonds. The molecule has 0 aromatic carbocycles. The van der Waals surface area contributed by atoms with E-state index < -0.39 is 72.6 Å². The molecule has 13 heteroatoms. The minimum atomic E-state index is -1.60. The van der Waals surface area contributed by atoms with E-state index in [0.717, 1.165) is 70.4 Å². The molecular weight excluding hydrogens is 736 g/mol. The largest absolute Gasteiger partial charge is 0.504 e. The van der Waals surface area contributed by atoms with E-state index in [1.165, 1.54) is 18.6 Å². The smallest absolute Gasteiger partial charge is 0.314 e. The van der Waals surface area contributed by atoms with E-state index in [0.29, 0.717) is 24.8 Å². The Morgan fingerprint density at radius 3 is 2.05 bits per heavy atom. The summed E-state index contributed by atoms with van der Waals surface area (Å²) in [5.74, 6) is -4.02. The maximum absolute atomic E-state index is 14.6. The lowest BCUT2D eigenvalue weighted by Crippen LogP contribution is -2.64. The second-order valence-corrected chi connectivity index (χ2v) is 17.7. The van der Waals surface area contributed by atoms with Gasteiger partial charge in [0.05, 0.1) is 5.41 Å². The van der Waals surface area contributed by atoms with Crippen molar-refractivity contribution in [3.05, 3.63) is 46.3 Å². The molecule has 4 fully saturated rings. The average Bonchev–Trinajstić information content (AvgIpc) is 3.12. The van der Waals surface area contributed by atoms with E-state index >= 15 is 0 Å². The summed E-state index contributed by atoms with van der Waals surface area (Å²) in [4.78, 5) is 75.7. The Balaban J connectivity index is 1.47. The molecule has 5 unspecified atom stereocenters. The molecule has 1 N–H and O–H groups in total. The lowest BCUT2D eigenvalue weighted by atomic mass is 9.37. The first-order chi connectivity index (χ1) is 26.6. The molecule has 57 heavy (non-hydrogen) atoms. The first kappa shape index (κ1) is 43.9. The lowest BCUT2D eigenvalue weighted by Gasteiger charge is -2.67. The fourth-order valence-corrected chi connectivity index (χ4v) is 10.5. The highest BCUT2D eigenvalue weighted by atomic mass is 16.7. The summed E-state index contributed by atoms with van der Waals surface area (Å²) in [5, 5.41) is 10.5. The van der Waals surface area contributed by atoms with Crippen molar-refractivity contribution >= 4 is 35.6 Å². The number of carbonyl (C=O) groups excluding carboxylic acids is 6. The number of ether oxygens (including phenoxy) is 6. The summed E-state index contributed by atoms with van der Waals surface area (Å²) in [6.45, 7) is 16.9. The van der Waals surface area contributed by atoms with Gasteiger partial charge in [0, 0.05) is 33.3 Å². The van der Waals surface area contributed by atoms with Crippen LogP contribution in [0.2, 0.25) is 0 Å². The first-order valence-electron chi connectivity index (χ1n) is 20.2. The van der Waals surface area contributed by atoms with Crippen molar-refractivity contribution < 1.29 is 62.3 Å². The molecule has 13 nitrogen and oxygen atoms in total. The molecule has 0 spiro atoms. The number of fused-ring (bicyclic) bond motifs is 3. The number of aliphatic hydroxyl groups is 1. The first-order valence-corrected chi connectivity index (χ1v) is 20.2. The highest BCUT2D eigenvalue weighted by Crippen LogP contribution is 2.71. The molecule has 314 valence electrons. The number of aliphatic hydroxyl groups excluding tert-OH is 1. The lowest BCUT2D eigenvalue weighted by molar-refractivity contribution is -0.303. The highest BCUT2D eigenvalue weighted by Gasteiger charge is 2.64. The van der Waals surface area contributed by atoms with Crippen molar-refractivity contribution in [1.82, 2.24) is 0 Å². The maximum atomic E-state index is 14.6. The van der Waals surface area contributed by atoms with Gasteiger partial charge in [0.15, 0.2) is 18.0 Å². The SMILES string of the molecule is CCC1=CC(=O)C(O)=C(C)/C1=C/C=C1\CCC[C@@]2(C)[C@@H]3C[C@](C)(C(=O)OC4OC(COC(C)=O)C(OC(C)=O)C(OC(C)=O)C4OC(C)=O)CC[C@]3(C)CC[C@]12C. The van der Waals surface area contributed by atoms with Gasteiger partial charge in [0.25, 0.3) is 0 Å². The Bertz CT molecular complexity index is 1800. The van der Waals surface area contributed by atoms with Crippen molar-refractivity contribution in [3.63, 3.8) is 0 Å². The van der Waals surface area contributed by atoms with Gasteiger partial charge in [0.2, 0.25) is 18.2 Å². The summed E-state index contributed by atoms with van der Waals surface area (Å²) >= 11 is 0. The van der Waals surface area contributed by atoms with Crippen LogP contribution in [-0.2, 0) is 57.2 Å². The number of rotatable bonds is 9. The van der Waals surface area contributed by atoms with Crippen LogP contribution in [0.5, 0.6) is 0 Å². The zero-order valence-corrected chi connectivity index (χ0v) is 35.1. The molecule has 0 radical (unpaired) electrons. The van der Waals surface area contributed by atoms with E-state index in [1.807, 2.05) is 13.8 Å².